The number of likely N-dealkylation sites (tertiary alicyclic amines) is 1. The summed E-state index contributed by atoms with van der Waals surface area (Å²) in [5.41, 5.74) is 0. The average Bonchev–Trinajstić information content (AvgIpc) is 3.05. The molecular weight excluding hydrogens is 328 g/mol. The van der Waals surface area contributed by atoms with Gasteiger partial charge < -0.3 is 19.9 Å². The maximum Gasteiger partial charge on any atom is 0.310 e. The molecule has 1 saturated heterocycles. The standard InChI is InChI=1S/C20H38N4O2/c1-5-21-20(24-14-16(2)18(15-24)19(25)26-4)22-12-9-13-23(3)17-10-7-6-8-11-17/h16-18H,5-15H2,1-4H3,(H,21,22). The van der Waals surface area contributed by atoms with Crippen LogP contribution in [0.15, 0.2) is 4.99 Å². The van der Waals surface area contributed by atoms with Crippen LogP contribution in [0.5, 0.6) is 0 Å². The third-order valence-corrected chi connectivity index (χ3v) is 5.88. The van der Waals surface area contributed by atoms with E-state index in [1.54, 1.807) is 0 Å². The molecule has 2 unspecified atom stereocenters. The minimum absolute atomic E-state index is 0.0544. The smallest absolute Gasteiger partial charge is 0.310 e. The first kappa shape index (κ1) is 21.0. The minimum Gasteiger partial charge on any atom is -0.469 e. The fourth-order valence-corrected chi connectivity index (χ4v) is 4.23. The van der Waals surface area contributed by atoms with Crippen LogP contribution in [0.1, 0.15) is 52.4 Å². The Kier molecular flexibility index (Phi) is 8.69. The Hall–Kier alpha value is -1.30. The van der Waals surface area contributed by atoms with Crippen LogP contribution in [0, 0.1) is 11.8 Å². The molecule has 1 aliphatic heterocycles. The number of methoxy groups -OCH3 is 1. The van der Waals surface area contributed by atoms with Crippen molar-refractivity contribution in [2.45, 2.75) is 58.4 Å². The molecule has 0 bridgehead atoms. The first-order valence-electron chi connectivity index (χ1n) is 10.4. The second-order valence-electron chi connectivity index (χ2n) is 7.87. The molecule has 26 heavy (non-hydrogen) atoms. The molecule has 2 rings (SSSR count). The predicted molar refractivity (Wildman–Crippen MR) is 106 cm³/mol. The SMILES string of the molecule is CCNC(=NCCCN(C)C1CCCCC1)N1CC(C)C(C(=O)OC)C1. The zero-order chi connectivity index (χ0) is 18.9. The molecule has 2 aliphatic rings. The van der Waals surface area contributed by atoms with Crippen molar-refractivity contribution in [3.63, 3.8) is 0 Å². The van der Waals surface area contributed by atoms with Crippen molar-refractivity contribution in [3.05, 3.63) is 0 Å². The lowest BCUT2D eigenvalue weighted by Crippen LogP contribution is -2.41. The van der Waals surface area contributed by atoms with E-state index in [4.69, 9.17) is 9.73 Å². The third kappa shape index (κ3) is 5.86. The summed E-state index contributed by atoms with van der Waals surface area (Å²) < 4.78 is 4.94. The van der Waals surface area contributed by atoms with Crippen LogP contribution in [0.4, 0.5) is 0 Å². The number of carbonyl (C=O) groups excluding carboxylic acids is 1. The predicted octanol–water partition coefficient (Wildman–Crippen LogP) is 2.35. The van der Waals surface area contributed by atoms with Gasteiger partial charge in [-0.15, -0.1) is 0 Å². The fraction of sp³-hybridized carbons (Fsp3) is 0.900. The van der Waals surface area contributed by atoms with Crippen molar-refractivity contribution >= 4 is 11.9 Å². The molecule has 0 amide bonds. The summed E-state index contributed by atoms with van der Waals surface area (Å²) in [6.07, 6.45) is 7.94. The van der Waals surface area contributed by atoms with Crippen molar-refractivity contribution < 1.29 is 9.53 Å². The Morgan fingerprint density at radius 2 is 2.00 bits per heavy atom. The quantitative estimate of drug-likeness (QED) is 0.324. The number of aliphatic imine (C=N–C) groups is 1. The first-order valence-corrected chi connectivity index (χ1v) is 10.4. The summed E-state index contributed by atoms with van der Waals surface area (Å²) in [4.78, 5) is 21.5. The van der Waals surface area contributed by atoms with E-state index in [2.05, 4.69) is 36.0 Å². The minimum atomic E-state index is -0.107. The molecule has 0 radical (unpaired) electrons. The molecule has 0 spiro atoms. The number of esters is 1. The van der Waals surface area contributed by atoms with E-state index in [1.807, 2.05) is 0 Å². The van der Waals surface area contributed by atoms with Crippen molar-refractivity contribution in [1.82, 2.24) is 15.1 Å². The number of nitrogens with one attached hydrogen (secondary N) is 1. The lowest BCUT2D eigenvalue weighted by molar-refractivity contribution is -0.145. The van der Waals surface area contributed by atoms with E-state index in [0.717, 1.165) is 44.6 Å². The van der Waals surface area contributed by atoms with Gasteiger partial charge in [0.1, 0.15) is 0 Å². The van der Waals surface area contributed by atoms with Gasteiger partial charge in [-0.05, 0) is 45.7 Å². The number of nitrogens with zero attached hydrogens (tertiary/aromatic N) is 3. The number of hydrogen-bond donors (Lipinski definition) is 1. The van der Waals surface area contributed by atoms with Crippen LogP contribution >= 0.6 is 0 Å². The molecule has 0 aromatic heterocycles. The second-order valence-corrected chi connectivity index (χ2v) is 7.87. The van der Waals surface area contributed by atoms with E-state index in [1.165, 1.54) is 39.2 Å². The largest absolute Gasteiger partial charge is 0.469 e. The summed E-state index contributed by atoms with van der Waals surface area (Å²) in [6.45, 7) is 8.53. The zero-order valence-corrected chi connectivity index (χ0v) is 17.2. The number of ether oxygens (including phenoxy) is 1. The first-order chi connectivity index (χ1) is 12.6. The van der Waals surface area contributed by atoms with Gasteiger partial charge in [0, 0.05) is 32.2 Å². The number of hydrogen-bond acceptors (Lipinski definition) is 4. The average molecular weight is 367 g/mol. The van der Waals surface area contributed by atoms with Gasteiger partial charge >= 0.3 is 5.97 Å². The number of rotatable bonds is 7. The van der Waals surface area contributed by atoms with Crippen molar-refractivity contribution in [1.29, 1.82) is 0 Å². The molecule has 0 aromatic rings. The summed E-state index contributed by atoms with van der Waals surface area (Å²) in [7, 11) is 3.73. The van der Waals surface area contributed by atoms with Crippen LogP contribution in [0.2, 0.25) is 0 Å². The normalized spacial score (nSPS) is 25.0. The number of carbonyl (C=O) groups is 1. The molecule has 1 aliphatic carbocycles. The number of guanidine groups is 1. The fourth-order valence-electron chi connectivity index (χ4n) is 4.23. The van der Waals surface area contributed by atoms with Gasteiger partial charge in [0.2, 0.25) is 0 Å². The van der Waals surface area contributed by atoms with Gasteiger partial charge in [0.25, 0.3) is 0 Å². The van der Waals surface area contributed by atoms with Gasteiger partial charge in [0.05, 0.1) is 13.0 Å². The highest BCUT2D eigenvalue weighted by Gasteiger charge is 2.36. The van der Waals surface area contributed by atoms with E-state index in [-0.39, 0.29) is 11.9 Å². The molecule has 2 fully saturated rings. The van der Waals surface area contributed by atoms with Crippen LogP contribution in [-0.4, -0.2) is 74.7 Å². The maximum absolute atomic E-state index is 11.9. The van der Waals surface area contributed by atoms with Gasteiger partial charge in [0.15, 0.2) is 5.96 Å². The molecular formula is C20H38N4O2. The lowest BCUT2D eigenvalue weighted by atomic mass is 9.94. The Balaban J connectivity index is 1.81. The Morgan fingerprint density at radius 1 is 1.27 bits per heavy atom. The van der Waals surface area contributed by atoms with Crippen LogP contribution < -0.4 is 5.32 Å². The molecule has 1 heterocycles. The third-order valence-electron chi connectivity index (χ3n) is 5.88. The van der Waals surface area contributed by atoms with Gasteiger partial charge in [-0.25, -0.2) is 0 Å². The molecule has 1 N–H and O–H groups in total. The maximum atomic E-state index is 11.9. The summed E-state index contributed by atoms with van der Waals surface area (Å²) in [5.74, 6) is 1.07. The van der Waals surface area contributed by atoms with Crippen molar-refractivity contribution in [2.24, 2.45) is 16.8 Å². The van der Waals surface area contributed by atoms with E-state index >= 15 is 0 Å². The van der Waals surface area contributed by atoms with Crippen LogP contribution in [0.25, 0.3) is 0 Å². The van der Waals surface area contributed by atoms with Gasteiger partial charge in [-0.3, -0.25) is 9.79 Å². The molecule has 2 atom stereocenters. The van der Waals surface area contributed by atoms with Crippen molar-refractivity contribution in [3.8, 4) is 0 Å². The molecule has 150 valence electrons. The van der Waals surface area contributed by atoms with E-state index < -0.39 is 0 Å². The van der Waals surface area contributed by atoms with Gasteiger partial charge in [-0.1, -0.05) is 26.2 Å². The topological polar surface area (TPSA) is 57.2 Å². The Labute approximate surface area is 159 Å². The Bertz CT molecular complexity index is 463. The summed E-state index contributed by atoms with van der Waals surface area (Å²) >= 11 is 0. The van der Waals surface area contributed by atoms with Crippen LogP contribution in [-0.2, 0) is 9.53 Å². The van der Waals surface area contributed by atoms with Gasteiger partial charge in [-0.2, -0.15) is 0 Å². The molecule has 6 nitrogen and oxygen atoms in total. The van der Waals surface area contributed by atoms with Crippen molar-refractivity contribution in [2.75, 3.05) is 46.9 Å². The molecule has 6 heteroatoms. The molecule has 1 saturated carbocycles. The van der Waals surface area contributed by atoms with E-state index in [9.17, 15) is 4.79 Å². The Morgan fingerprint density at radius 3 is 2.65 bits per heavy atom. The monoisotopic (exact) mass is 366 g/mol. The zero-order valence-electron chi connectivity index (χ0n) is 17.2. The van der Waals surface area contributed by atoms with E-state index in [0.29, 0.717) is 12.5 Å². The summed E-state index contributed by atoms with van der Waals surface area (Å²) in [5, 5.41) is 3.38. The summed E-state index contributed by atoms with van der Waals surface area (Å²) in [6, 6.07) is 0.765. The second kappa shape index (κ2) is 10.8. The highest BCUT2D eigenvalue weighted by atomic mass is 16.5. The lowest BCUT2D eigenvalue weighted by Gasteiger charge is -2.31. The van der Waals surface area contributed by atoms with Crippen LogP contribution in [0.3, 0.4) is 0 Å². The highest BCUT2D eigenvalue weighted by molar-refractivity contribution is 5.82. The molecule has 0 aromatic carbocycles. The highest BCUT2D eigenvalue weighted by Crippen LogP contribution is 2.24.